The number of pyridine rings is 1. The lowest BCUT2D eigenvalue weighted by molar-refractivity contribution is 0.583. The lowest BCUT2D eigenvalue weighted by atomic mass is 10.1. The molecule has 0 bridgehead atoms. The van der Waals surface area contributed by atoms with Crippen LogP contribution in [0.15, 0.2) is 6.07 Å². The topological polar surface area (TPSA) is 28.2 Å². The van der Waals surface area contributed by atoms with E-state index < -0.39 is 0 Å². The fourth-order valence-corrected chi connectivity index (χ4v) is 4.31. The van der Waals surface area contributed by atoms with Crippen LogP contribution < -0.4 is 10.2 Å². The van der Waals surface area contributed by atoms with Crippen LogP contribution in [-0.2, 0) is 6.54 Å². The molecule has 2 heterocycles. The van der Waals surface area contributed by atoms with E-state index in [2.05, 4.69) is 69.6 Å². The van der Waals surface area contributed by atoms with E-state index >= 15 is 0 Å². The second-order valence-electron chi connectivity index (χ2n) is 6.58. The first-order chi connectivity index (χ1) is 9.86. The van der Waals surface area contributed by atoms with Crippen molar-refractivity contribution in [2.45, 2.75) is 64.6 Å². The van der Waals surface area contributed by atoms with Crippen molar-refractivity contribution in [3.05, 3.63) is 22.9 Å². The van der Waals surface area contributed by atoms with Gasteiger partial charge in [0, 0.05) is 47.4 Å². The van der Waals surface area contributed by atoms with Crippen molar-refractivity contribution in [1.29, 1.82) is 0 Å². The molecule has 2 atom stereocenters. The molecule has 2 unspecified atom stereocenters. The fraction of sp³-hybridized carbons (Fsp3) is 0.706. The Kier molecular flexibility index (Phi) is 5.55. The van der Waals surface area contributed by atoms with E-state index in [-0.39, 0.29) is 0 Å². The molecule has 1 aliphatic heterocycles. The van der Waals surface area contributed by atoms with E-state index in [4.69, 9.17) is 4.98 Å². The van der Waals surface area contributed by atoms with E-state index in [1.165, 1.54) is 16.9 Å². The molecule has 1 aliphatic rings. The lowest BCUT2D eigenvalue weighted by Gasteiger charge is -2.37. The maximum Gasteiger partial charge on any atom is 0.133 e. The van der Waals surface area contributed by atoms with Gasteiger partial charge in [0.05, 0.1) is 0 Å². The first-order valence-corrected chi connectivity index (χ1v) is 8.92. The molecule has 1 saturated heterocycles. The predicted molar refractivity (Wildman–Crippen MR) is 94.4 cm³/mol. The summed E-state index contributed by atoms with van der Waals surface area (Å²) in [6.45, 7) is 16.4. The third-order valence-corrected chi connectivity index (χ3v) is 5.09. The zero-order valence-corrected chi connectivity index (χ0v) is 15.0. The van der Waals surface area contributed by atoms with Gasteiger partial charge in [0.2, 0.25) is 0 Å². The molecule has 1 aromatic heterocycles. The number of aromatic nitrogens is 1. The summed E-state index contributed by atoms with van der Waals surface area (Å²) in [6, 6.07) is 2.69. The van der Waals surface area contributed by atoms with Gasteiger partial charge in [-0.2, -0.15) is 11.8 Å². The Morgan fingerprint density at radius 3 is 2.48 bits per heavy atom. The van der Waals surface area contributed by atoms with E-state index in [1.807, 2.05) is 0 Å². The number of anilines is 1. The summed E-state index contributed by atoms with van der Waals surface area (Å²) in [5.41, 5.74) is 3.83. The molecule has 0 amide bonds. The average molecular weight is 308 g/mol. The van der Waals surface area contributed by atoms with Gasteiger partial charge in [-0.05, 0) is 25.5 Å². The Morgan fingerprint density at radius 2 is 1.90 bits per heavy atom. The molecule has 3 nitrogen and oxygen atoms in total. The number of hydrogen-bond donors (Lipinski definition) is 1. The number of hydrogen-bond acceptors (Lipinski definition) is 4. The molecule has 1 N–H and O–H groups in total. The molecule has 0 saturated carbocycles. The summed E-state index contributed by atoms with van der Waals surface area (Å²) in [5, 5.41) is 4.89. The highest BCUT2D eigenvalue weighted by Gasteiger charge is 2.25. The highest BCUT2D eigenvalue weighted by molar-refractivity contribution is 8.00. The van der Waals surface area contributed by atoms with Gasteiger partial charge in [-0.25, -0.2) is 4.98 Å². The zero-order valence-electron chi connectivity index (χ0n) is 14.2. The quantitative estimate of drug-likeness (QED) is 0.921. The van der Waals surface area contributed by atoms with Crippen LogP contribution in [0.2, 0.25) is 0 Å². The Hall–Kier alpha value is -0.740. The number of rotatable bonds is 4. The van der Waals surface area contributed by atoms with Gasteiger partial charge in [0.25, 0.3) is 0 Å². The minimum Gasteiger partial charge on any atom is -0.354 e. The number of aryl methyl sites for hydroxylation is 2. The molecule has 4 heteroatoms. The standard InChI is InChI=1S/C17H29N3S/c1-11(2)18-8-16-12(3)7-13(4)19-17(16)20-9-14(5)21-15(6)10-20/h7,11,14-15,18H,8-10H2,1-6H3. The summed E-state index contributed by atoms with van der Waals surface area (Å²) in [4.78, 5) is 7.37. The molecule has 1 fully saturated rings. The number of thioether (sulfide) groups is 1. The highest BCUT2D eigenvalue weighted by Crippen LogP contribution is 2.30. The SMILES string of the molecule is Cc1cc(C)c(CNC(C)C)c(N2CC(C)SC(C)C2)n1. The molecule has 0 radical (unpaired) electrons. The van der Waals surface area contributed by atoms with E-state index in [1.54, 1.807) is 0 Å². The maximum absolute atomic E-state index is 4.88. The lowest BCUT2D eigenvalue weighted by Crippen LogP contribution is -2.42. The van der Waals surface area contributed by atoms with Crippen LogP contribution >= 0.6 is 11.8 Å². The van der Waals surface area contributed by atoms with E-state index in [9.17, 15) is 0 Å². The van der Waals surface area contributed by atoms with Crippen LogP contribution in [0.4, 0.5) is 5.82 Å². The van der Waals surface area contributed by atoms with Crippen molar-refractivity contribution in [1.82, 2.24) is 10.3 Å². The molecule has 2 rings (SSSR count). The Balaban J connectivity index is 2.31. The zero-order chi connectivity index (χ0) is 15.6. The predicted octanol–water partition coefficient (Wildman–Crippen LogP) is 3.53. The normalized spacial score (nSPS) is 22.9. The average Bonchev–Trinajstić information content (AvgIpc) is 2.35. The van der Waals surface area contributed by atoms with Gasteiger partial charge in [-0.15, -0.1) is 0 Å². The van der Waals surface area contributed by atoms with Crippen LogP contribution in [0.3, 0.4) is 0 Å². The van der Waals surface area contributed by atoms with Crippen molar-refractivity contribution >= 4 is 17.6 Å². The van der Waals surface area contributed by atoms with Crippen LogP contribution in [0, 0.1) is 13.8 Å². The Morgan fingerprint density at radius 1 is 1.29 bits per heavy atom. The molecule has 0 aliphatic carbocycles. The fourth-order valence-electron chi connectivity index (χ4n) is 2.98. The van der Waals surface area contributed by atoms with Gasteiger partial charge < -0.3 is 10.2 Å². The molecule has 1 aromatic rings. The van der Waals surface area contributed by atoms with E-state index in [0.717, 1.165) is 25.3 Å². The van der Waals surface area contributed by atoms with E-state index in [0.29, 0.717) is 16.5 Å². The molecule has 118 valence electrons. The highest BCUT2D eigenvalue weighted by atomic mass is 32.2. The van der Waals surface area contributed by atoms with Crippen LogP contribution in [-0.4, -0.2) is 34.6 Å². The second kappa shape index (κ2) is 7.01. The van der Waals surface area contributed by atoms with Crippen molar-refractivity contribution < 1.29 is 0 Å². The van der Waals surface area contributed by atoms with Crippen LogP contribution in [0.1, 0.15) is 44.5 Å². The summed E-state index contributed by atoms with van der Waals surface area (Å²) in [6.07, 6.45) is 0. The monoisotopic (exact) mass is 307 g/mol. The summed E-state index contributed by atoms with van der Waals surface area (Å²) < 4.78 is 0. The van der Waals surface area contributed by atoms with Crippen molar-refractivity contribution in [2.24, 2.45) is 0 Å². The molecule has 0 aromatic carbocycles. The molecule has 21 heavy (non-hydrogen) atoms. The van der Waals surface area contributed by atoms with Gasteiger partial charge in [0.15, 0.2) is 0 Å². The summed E-state index contributed by atoms with van der Waals surface area (Å²) in [7, 11) is 0. The maximum atomic E-state index is 4.88. The molecule has 0 spiro atoms. The summed E-state index contributed by atoms with van der Waals surface area (Å²) >= 11 is 2.09. The van der Waals surface area contributed by atoms with Crippen LogP contribution in [0.5, 0.6) is 0 Å². The van der Waals surface area contributed by atoms with Gasteiger partial charge in [-0.3, -0.25) is 0 Å². The first-order valence-electron chi connectivity index (χ1n) is 7.97. The third-order valence-electron chi connectivity index (χ3n) is 3.86. The van der Waals surface area contributed by atoms with Crippen molar-refractivity contribution in [2.75, 3.05) is 18.0 Å². The number of nitrogens with zero attached hydrogens (tertiary/aromatic N) is 2. The minimum atomic E-state index is 0.494. The third kappa shape index (κ3) is 4.36. The molecular formula is C17H29N3S. The smallest absolute Gasteiger partial charge is 0.133 e. The van der Waals surface area contributed by atoms with Gasteiger partial charge in [0.1, 0.15) is 5.82 Å². The second-order valence-corrected chi connectivity index (χ2v) is 8.46. The van der Waals surface area contributed by atoms with Crippen LogP contribution in [0.25, 0.3) is 0 Å². The van der Waals surface area contributed by atoms with Gasteiger partial charge >= 0.3 is 0 Å². The Bertz CT molecular complexity index is 477. The number of nitrogens with one attached hydrogen (secondary N) is 1. The molecular weight excluding hydrogens is 278 g/mol. The van der Waals surface area contributed by atoms with Crippen molar-refractivity contribution in [3.63, 3.8) is 0 Å². The minimum absolute atomic E-state index is 0.494. The largest absolute Gasteiger partial charge is 0.354 e. The summed E-state index contributed by atoms with van der Waals surface area (Å²) in [5.74, 6) is 1.19. The first kappa shape index (κ1) is 16.6. The van der Waals surface area contributed by atoms with Crippen molar-refractivity contribution in [3.8, 4) is 0 Å². The van der Waals surface area contributed by atoms with Gasteiger partial charge in [-0.1, -0.05) is 27.7 Å². The Labute approximate surface area is 133 Å².